The second-order valence-electron chi connectivity index (χ2n) is 4.58. The lowest BCUT2D eigenvalue weighted by Crippen LogP contribution is -2.51. The fraction of sp³-hybridized carbons (Fsp3) is 0.500. The van der Waals surface area contributed by atoms with Gasteiger partial charge in [0.25, 0.3) is 0 Å². The van der Waals surface area contributed by atoms with Crippen molar-refractivity contribution in [3.05, 3.63) is 34.3 Å². The van der Waals surface area contributed by atoms with Crippen molar-refractivity contribution in [1.29, 1.82) is 0 Å². The summed E-state index contributed by atoms with van der Waals surface area (Å²) in [6, 6.07) is 8.71. The number of rotatable bonds is 2. The molecule has 2 rings (SSSR count). The Morgan fingerprint density at radius 1 is 1.21 bits per heavy atom. The van der Waals surface area contributed by atoms with Gasteiger partial charge in [-0.25, -0.2) is 0 Å². The van der Waals surface area contributed by atoms with Gasteiger partial charge in [-0.2, -0.15) is 0 Å². The summed E-state index contributed by atoms with van der Waals surface area (Å²) in [5, 5.41) is 3.34. The molecule has 1 saturated heterocycles. The quantitative estimate of drug-likeness (QED) is 0.855. The minimum absolute atomic E-state index is 0.298. The maximum atomic E-state index is 3.47. The van der Waals surface area contributed by atoms with Gasteiger partial charge in [-0.3, -0.25) is 0 Å². The molecule has 0 spiro atoms. The average Bonchev–Trinajstić information content (AvgIpc) is 2.00. The first-order valence-electron chi connectivity index (χ1n) is 5.07. The second-order valence-corrected chi connectivity index (χ2v) is 5.50. The van der Waals surface area contributed by atoms with Crippen molar-refractivity contribution in [2.75, 3.05) is 13.1 Å². The van der Waals surface area contributed by atoms with Crippen LogP contribution >= 0.6 is 15.9 Å². The summed E-state index contributed by atoms with van der Waals surface area (Å²) >= 11 is 3.47. The van der Waals surface area contributed by atoms with E-state index in [0.717, 1.165) is 23.5 Å². The molecule has 1 heterocycles. The number of hydrogen-bond acceptors (Lipinski definition) is 1. The molecule has 1 aromatic rings. The zero-order valence-corrected chi connectivity index (χ0v) is 10.3. The first-order valence-corrected chi connectivity index (χ1v) is 5.87. The first-order chi connectivity index (χ1) is 6.60. The third-order valence-corrected chi connectivity index (χ3v) is 3.92. The summed E-state index contributed by atoms with van der Waals surface area (Å²) in [5.74, 6) is 0.781. The molecule has 1 aliphatic rings. The zero-order valence-electron chi connectivity index (χ0n) is 8.68. The van der Waals surface area contributed by atoms with Gasteiger partial charge in [-0.05, 0) is 29.0 Å². The lowest BCUT2D eigenvalue weighted by Gasteiger charge is -2.41. The van der Waals surface area contributed by atoms with Crippen LogP contribution in [0.25, 0.3) is 0 Å². The van der Waals surface area contributed by atoms with E-state index in [-0.39, 0.29) is 0 Å². The molecule has 2 heteroatoms. The highest BCUT2D eigenvalue weighted by atomic mass is 79.9. The Balaban J connectivity index is 2.23. The van der Waals surface area contributed by atoms with Crippen LogP contribution in [0.3, 0.4) is 0 Å². The molecule has 14 heavy (non-hydrogen) atoms. The van der Waals surface area contributed by atoms with Crippen LogP contribution in [-0.2, 0) is 5.41 Å². The third-order valence-electron chi connectivity index (χ3n) is 3.39. The lowest BCUT2D eigenvalue weighted by atomic mass is 9.71. The van der Waals surface area contributed by atoms with Crippen molar-refractivity contribution in [3.63, 3.8) is 0 Å². The molecule has 1 nitrogen and oxygen atoms in total. The molecule has 1 aromatic carbocycles. The number of nitrogens with one attached hydrogen (secondary N) is 1. The minimum Gasteiger partial charge on any atom is -0.316 e. The summed E-state index contributed by atoms with van der Waals surface area (Å²) in [6.45, 7) is 6.98. The van der Waals surface area contributed by atoms with E-state index < -0.39 is 0 Å². The fourth-order valence-corrected chi connectivity index (χ4v) is 2.18. The van der Waals surface area contributed by atoms with Crippen molar-refractivity contribution >= 4 is 15.9 Å². The summed E-state index contributed by atoms with van der Waals surface area (Å²) in [5.41, 5.74) is 1.73. The van der Waals surface area contributed by atoms with Crippen LogP contribution in [0.2, 0.25) is 0 Å². The van der Waals surface area contributed by atoms with E-state index in [1.54, 1.807) is 0 Å². The summed E-state index contributed by atoms with van der Waals surface area (Å²) in [4.78, 5) is 0. The Labute approximate surface area is 94.0 Å². The first kappa shape index (κ1) is 10.2. The SMILES string of the molecule is CC(C)(c1ccc(Br)cc1)C1CNC1. The van der Waals surface area contributed by atoms with Gasteiger partial charge in [0, 0.05) is 17.6 Å². The molecular formula is C12H16BrN. The Morgan fingerprint density at radius 2 is 1.79 bits per heavy atom. The molecule has 1 aliphatic heterocycles. The van der Waals surface area contributed by atoms with Gasteiger partial charge in [-0.1, -0.05) is 41.9 Å². The van der Waals surface area contributed by atoms with E-state index in [0.29, 0.717) is 5.41 Å². The highest BCUT2D eigenvalue weighted by molar-refractivity contribution is 9.10. The highest BCUT2D eigenvalue weighted by Crippen LogP contribution is 2.34. The minimum atomic E-state index is 0.298. The van der Waals surface area contributed by atoms with E-state index in [2.05, 4.69) is 59.4 Å². The van der Waals surface area contributed by atoms with E-state index >= 15 is 0 Å². The molecule has 76 valence electrons. The Kier molecular flexibility index (Phi) is 2.67. The number of halogens is 1. The van der Waals surface area contributed by atoms with Crippen LogP contribution in [0.4, 0.5) is 0 Å². The molecule has 0 saturated carbocycles. The fourth-order valence-electron chi connectivity index (χ4n) is 1.91. The van der Waals surface area contributed by atoms with E-state index in [1.807, 2.05) is 0 Å². The predicted molar refractivity (Wildman–Crippen MR) is 63.5 cm³/mol. The molecule has 0 aromatic heterocycles. The molecule has 0 radical (unpaired) electrons. The van der Waals surface area contributed by atoms with Crippen LogP contribution in [-0.4, -0.2) is 13.1 Å². The summed E-state index contributed by atoms with van der Waals surface area (Å²) in [6.07, 6.45) is 0. The number of benzene rings is 1. The standard InChI is InChI=1S/C12H16BrN/c1-12(2,10-7-14-8-10)9-3-5-11(13)6-4-9/h3-6,10,14H,7-8H2,1-2H3. The van der Waals surface area contributed by atoms with Gasteiger partial charge >= 0.3 is 0 Å². The molecule has 0 aliphatic carbocycles. The van der Waals surface area contributed by atoms with Crippen molar-refractivity contribution < 1.29 is 0 Å². The van der Waals surface area contributed by atoms with Crippen molar-refractivity contribution in [2.24, 2.45) is 5.92 Å². The van der Waals surface area contributed by atoms with Crippen molar-refractivity contribution in [3.8, 4) is 0 Å². The van der Waals surface area contributed by atoms with Gasteiger partial charge < -0.3 is 5.32 Å². The Hall–Kier alpha value is -0.340. The second kappa shape index (κ2) is 3.67. The van der Waals surface area contributed by atoms with Crippen LogP contribution in [0.1, 0.15) is 19.4 Å². The van der Waals surface area contributed by atoms with Gasteiger partial charge in [0.1, 0.15) is 0 Å². The van der Waals surface area contributed by atoms with E-state index in [1.165, 1.54) is 5.56 Å². The monoisotopic (exact) mass is 253 g/mol. The predicted octanol–water partition coefficient (Wildman–Crippen LogP) is 2.95. The molecule has 1 fully saturated rings. The topological polar surface area (TPSA) is 12.0 Å². The van der Waals surface area contributed by atoms with Crippen LogP contribution < -0.4 is 5.32 Å². The van der Waals surface area contributed by atoms with Crippen LogP contribution in [0.15, 0.2) is 28.7 Å². The van der Waals surface area contributed by atoms with Crippen molar-refractivity contribution in [2.45, 2.75) is 19.3 Å². The van der Waals surface area contributed by atoms with Gasteiger partial charge in [0.2, 0.25) is 0 Å². The summed E-state index contributed by atoms with van der Waals surface area (Å²) in [7, 11) is 0. The van der Waals surface area contributed by atoms with Gasteiger partial charge in [0.05, 0.1) is 0 Å². The average molecular weight is 254 g/mol. The zero-order chi connectivity index (χ0) is 10.2. The maximum absolute atomic E-state index is 3.47. The van der Waals surface area contributed by atoms with Gasteiger partial charge in [0.15, 0.2) is 0 Å². The van der Waals surface area contributed by atoms with Crippen LogP contribution in [0.5, 0.6) is 0 Å². The Bertz CT molecular complexity index is 312. The van der Waals surface area contributed by atoms with Crippen molar-refractivity contribution in [1.82, 2.24) is 5.32 Å². The molecular weight excluding hydrogens is 238 g/mol. The molecule has 0 atom stereocenters. The smallest absolute Gasteiger partial charge is 0.0175 e. The number of hydrogen-bond donors (Lipinski definition) is 1. The highest BCUT2D eigenvalue weighted by Gasteiger charge is 2.34. The summed E-state index contributed by atoms with van der Waals surface area (Å²) < 4.78 is 1.16. The molecule has 0 amide bonds. The lowest BCUT2D eigenvalue weighted by molar-refractivity contribution is 0.221. The molecule has 1 N–H and O–H groups in total. The van der Waals surface area contributed by atoms with E-state index in [9.17, 15) is 0 Å². The largest absolute Gasteiger partial charge is 0.316 e. The molecule has 0 unspecified atom stereocenters. The Morgan fingerprint density at radius 3 is 2.21 bits per heavy atom. The third kappa shape index (κ3) is 1.73. The van der Waals surface area contributed by atoms with E-state index in [4.69, 9.17) is 0 Å². The van der Waals surface area contributed by atoms with Gasteiger partial charge in [-0.15, -0.1) is 0 Å². The maximum Gasteiger partial charge on any atom is 0.0175 e. The van der Waals surface area contributed by atoms with Crippen LogP contribution in [0, 0.1) is 5.92 Å². The molecule has 0 bridgehead atoms. The normalized spacial score (nSPS) is 17.9.